The molecule has 0 atom stereocenters. The zero-order chi connectivity index (χ0) is 17.2. The van der Waals surface area contributed by atoms with E-state index in [-0.39, 0.29) is 16.1 Å². The first kappa shape index (κ1) is 19.9. The van der Waals surface area contributed by atoms with Crippen LogP contribution in [-0.2, 0) is 13.0 Å². The van der Waals surface area contributed by atoms with Crippen molar-refractivity contribution < 1.29 is 4.79 Å². The number of hydrogen-bond acceptors (Lipinski definition) is 4. The quantitative estimate of drug-likeness (QED) is 0.820. The molecule has 0 saturated heterocycles. The van der Waals surface area contributed by atoms with Gasteiger partial charge in [-0.15, -0.1) is 0 Å². The highest BCUT2D eigenvalue weighted by Crippen LogP contribution is 2.28. The van der Waals surface area contributed by atoms with Crippen LogP contribution in [0.2, 0.25) is 10.2 Å². The number of nitrogens with zero attached hydrogens (tertiary/aromatic N) is 1. The molecule has 0 saturated carbocycles. The van der Waals surface area contributed by atoms with Gasteiger partial charge in [0.2, 0.25) is 0 Å². The van der Waals surface area contributed by atoms with Gasteiger partial charge in [0.1, 0.15) is 9.90 Å². The van der Waals surface area contributed by atoms with Crippen molar-refractivity contribution in [2.75, 3.05) is 6.54 Å². The van der Waals surface area contributed by atoms with E-state index in [1.165, 1.54) is 5.56 Å². The smallest absolute Gasteiger partial charge is 0.264 e. The average molecular weight is 374 g/mol. The Labute approximate surface area is 151 Å². The highest BCUT2D eigenvalue weighted by molar-refractivity contribution is 7.09. The fourth-order valence-corrected chi connectivity index (χ4v) is 2.91. The Morgan fingerprint density at radius 2 is 1.78 bits per heavy atom. The molecule has 126 valence electrons. The minimum Gasteiger partial charge on any atom is -0.347 e. The summed E-state index contributed by atoms with van der Waals surface area (Å²) < 4.78 is 3.84. The summed E-state index contributed by atoms with van der Waals surface area (Å²) in [5.41, 5.74) is 7.20. The Balaban J connectivity index is 0.000000816. The van der Waals surface area contributed by atoms with Crippen molar-refractivity contribution in [1.29, 1.82) is 0 Å². The molecule has 1 aromatic carbocycles. The number of nitrogens with two attached hydrogens (primary N) is 1. The van der Waals surface area contributed by atoms with E-state index in [0.717, 1.165) is 36.5 Å². The Bertz CT molecular complexity index is 614. The van der Waals surface area contributed by atoms with E-state index in [4.69, 9.17) is 28.9 Å². The monoisotopic (exact) mass is 373 g/mol. The van der Waals surface area contributed by atoms with Gasteiger partial charge in [-0.3, -0.25) is 4.79 Å². The number of benzene rings is 1. The summed E-state index contributed by atoms with van der Waals surface area (Å²) in [7, 11) is 0. The maximum absolute atomic E-state index is 11.9. The van der Waals surface area contributed by atoms with E-state index in [1.807, 2.05) is 19.1 Å². The average Bonchev–Trinajstić information content (AvgIpc) is 2.87. The van der Waals surface area contributed by atoms with Crippen LogP contribution in [-0.4, -0.2) is 16.8 Å². The SMILES string of the molecule is CCCc1ccc(CNC(=O)c2snc(Cl)c2Cl)cc1.CCN. The van der Waals surface area contributed by atoms with Gasteiger partial charge in [-0.05, 0) is 35.6 Å². The second-order valence-electron chi connectivity index (χ2n) is 4.77. The molecule has 1 heterocycles. The molecule has 0 unspecified atom stereocenters. The van der Waals surface area contributed by atoms with Crippen molar-refractivity contribution in [2.45, 2.75) is 33.2 Å². The number of rotatable bonds is 5. The van der Waals surface area contributed by atoms with Crippen molar-refractivity contribution in [3.05, 3.63) is 50.4 Å². The van der Waals surface area contributed by atoms with Crippen LogP contribution < -0.4 is 11.1 Å². The van der Waals surface area contributed by atoms with Crippen LogP contribution in [0.4, 0.5) is 0 Å². The Morgan fingerprint density at radius 1 is 1.22 bits per heavy atom. The minimum absolute atomic E-state index is 0.172. The fourth-order valence-electron chi connectivity index (χ4n) is 1.78. The maximum atomic E-state index is 11.9. The molecule has 0 spiro atoms. The highest BCUT2D eigenvalue weighted by atomic mass is 35.5. The second-order valence-corrected chi connectivity index (χ2v) is 6.28. The predicted molar refractivity (Wildman–Crippen MR) is 98.5 cm³/mol. The number of carbonyl (C=O) groups excluding carboxylic acids is 1. The van der Waals surface area contributed by atoms with E-state index in [2.05, 4.69) is 28.7 Å². The Kier molecular flexibility index (Phi) is 9.17. The van der Waals surface area contributed by atoms with E-state index in [9.17, 15) is 4.79 Å². The molecule has 2 rings (SSSR count). The van der Waals surface area contributed by atoms with Crippen molar-refractivity contribution in [3.8, 4) is 0 Å². The fraction of sp³-hybridized carbons (Fsp3) is 0.375. The number of aryl methyl sites for hydroxylation is 1. The van der Waals surface area contributed by atoms with Crippen molar-refractivity contribution in [1.82, 2.24) is 9.69 Å². The summed E-state index contributed by atoms with van der Waals surface area (Å²) in [4.78, 5) is 12.3. The third kappa shape index (κ3) is 6.47. The first-order valence-corrected chi connectivity index (χ1v) is 8.93. The summed E-state index contributed by atoms with van der Waals surface area (Å²) in [5, 5.41) is 3.20. The number of aromatic nitrogens is 1. The summed E-state index contributed by atoms with van der Waals surface area (Å²) in [6.45, 7) is 5.26. The molecule has 1 aromatic heterocycles. The number of hydrogen-bond donors (Lipinski definition) is 2. The van der Waals surface area contributed by atoms with Gasteiger partial charge in [0, 0.05) is 6.54 Å². The molecule has 0 aliphatic heterocycles. The first-order valence-electron chi connectivity index (χ1n) is 7.40. The van der Waals surface area contributed by atoms with Crippen molar-refractivity contribution >= 4 is 40.6 Å². The van der Waals surface area contributed by atoms with Crippen LogP contribution in [0.25, 0.3) is 0 Å². The summed E-state index contributed by atoms with van der Waals surface area (Å²) in [5.74, 6) is -0.253. The molecule has 0 fully saturated rings. The zero-order valence-corrected chi connectivity index (χ0v) is 15.6. The lowest BCUT2D eigenvalue weighted by Gasteiger charge is -2.05. The lowest BCUT2D eigenvalue weighted by atomic mass is 10.1. The molecular formula is C16H21Cl2N3OS. The molecule has 23 heavy (non-hydrogen) atoms. The standard InChI is InChI=1S/C14H14Cl2N2OS.C2H7N/c1-2-3-9-4-6-10(7-5-9)8-17-14(19)12-11(15)13(16)18-20-12;1-2-3/h4-7H,2-3,8H2,1H3,(H,17,19);2-3H2,1H3. The lowest BCUT2D eigenvalue weighted by Crippen LogP contribution is -2.22. The Hall–Kier alpha value is -1.14. The molecule has 0 aliphatic carbocycles. The van der Waals surface area contributed by atoms with Crippen LogP contribution in [0.5, 0.6) is 0 Å². The van der Waals surface area contributed by atoms with Gasteiger partial charge in [0.25, 0.3) is 5.91 Å². The number of halogens is 2. The van der Waals surface area contributed by atoms with E-state index in [0.29, 0.717) is 11.4 Å². The van der Waals surface area contributed by atoms with E-state index >= 15 is 0 Å². The molecule has 2 aromatic rings. The topological polar surface area (TPSA) is 68.0 Å². The molecule has 0 radical (unpaired) electrons. The van der Waals surface area contributed by atoms with Gasteiger partial charge in [-0.2, -0.15) is 4.37 Å². The molecule has 4 nitrogen and oxygen atoms in total. The van der Waals surface area contributed by atoms with Gasteiger partial charge in [0.05, 0.1) is 0 Å². The molecule has 0 bridgehead atoms. The van der Waals surface area contributed by atoms with Crippen LogP contribution in [0, 0.1) is 0 Å². The summed E-state index contributed by atoms with van der Waals surface area (Å²) >= 11 is 12.6. The molecule has 3 N–H and O–H groups in total. The van der Waals surface area contributed by atoms with E-state index in [1.54, 1.807) is 0 Å². The predicted octanol–water partition coefficient (Wildman–Crippen LogP) is 4.30. The van der Waals surface area contributed by atoms with Gasteiger partial charge in [-0.25, -0.2) is 0 Å². The zero-order valence-electron chi connectivity index (χ0n) is 13.2. The highest BCUT2D eigenvalue weighted by Gasteiger charge is 2.16. The van der Waals surface area contributed by atoms with Gasteiger partial charge in [-0.1, -0.05) is 67.7 Å². The molecular weight excluding hydrogens is 353 g/mol. The first-order chi connectivity index (χ1) is 11.0. The Morgan fingerprint density at radius 3 is 2.26 bits per heavy atom. The van der Waals surface area contributed by atoms with Gasteiger partial charge >= 0.3 is 0 Å². The molecule has 1 amide bonds. The largest absolute Gasteiger partial charge is 0.347 e. The van der Waals surface area contributed by atoms with Crippen LogP contribution in [0.15, 0.2) is 24.3 Å². The maximum Gasteiger partial charge on any atom is 0.264 e. The molecule has 7 heteroatoms. The summed E-state index contributed by atoms with van der Waals surface area (Å²) in [6.07, 6.45) is 2.20. The normalized spacial score (nSPS) is 9.96. The van der Waals surface area contributed by atoms with E-state index < -0.39 is 0 Å². The number of nitrogens with one attached hydrogen (secondary N) is 1. The van der Waals surface area contributed by atoms with Crippen LogP contribution in [0.1, 0.15) is 41.1 Å². The number of amides is 1. The van der Waals surface area contributed by atoms with Crippen LogP contribution >= 0.6 is 34.7 Å². The summed E-state index contributed by atoms with van der Waals surface area (Å²) in [6, 6.07) is 8.21. The lowest BCUT2D eigenvalue weighted by molar-refractivity contribution is 0.0955. The third-order valence-electron chi connectivity index (χ3n) is 2.82. The minimum atomic E-state index is -0.253. The second kappa shape index (κ2) is 10.6. The van der Waals surface area contributed by atoms with Crippen LogP contribution in [0.3, 0.4) is 0 Å². The number of carbonyl (C=O) groups is 1. The van der Waals surface area contributed by atoms with Gasteiger partial charge < -0.3 is 11.1 Å². The van der Waals surface area contributed by atoms with Gasteiger partial charge in [0.15, 0.2) is 5.15 Å². The van der Waals surface area contributed by atoms with Crippen molar-refractivity contribution in [2.24, 2.45) is 5.73 Å². The van der Waals surface area contributed by atoms with Crippen molar-refractivity contribution in [3.63, 3.8) is 0 Å². The molecule has 0 aliphatic rings. The third-order valence-corrected chi connectivity index (χ3v) is 4.61.